The number of hydrogen-bond acceptors (Lipinski definition) is 5. The summed E-state index contributed by atoms with van der Waals surface area (Å²) in [6.45, 7) is 1.13. The minimum Gasteiger partial charge on any atom is -0.507 e. The van der Waals surface area contributed by atoms with Crippen LogP contribution in [0, 0.1) is 0 Å². The van der Waals surface area contributed by atoms with E-state index in [0.29, 0.717) is 18.0 Å². The van der Waals surface area contributed by atoms with Gasteiger partial charge in [0.05, 0.1) is 11.1 Å². The number of carbonyl (C=O) groups is 3. The molecule has 0 saturated heterocycles. The van der Waals surface area contributed by atoms with Crippen LogP contribution < -0.4 is 9.88 Å². The van der Waals surface area contributed by atoms with Crippen molar-refractivity contribution in [1.82, 2.24) is 5.32 Å². The molecule has 190 valence electrons. The molecule has 4 aromatic rings. The number of nitrogens with zero attached hydrogens (tertiary/aromatic N) is 1. The molecule has 0 aliphatic heterocycles. The van der Waals surface area contributed by atoms with Crippen LogP contribution in [0.1, 0.15) is 59.7 Å². The summed E-state index contributed by atoms with van der Waals surface area (Å²) in [5.41, 5.74) is 1.98. The number of benzene rings is 3. The Bertz CT molecular complexity index is 1560. The molecule has 3 aromatic carbocycles. The van der Waals surface area contributed by atoms with Crippen molar-refractivity contribution in [3.63, 3.8) is 0 Å². The molecule has 3 N–H and O–H groups in total. The number of rotatable bonds is 7. The number of aromatic hydroxyl groups is 2. The van der Waals surface area contributed by atoms with Crippen molar-refractivity contribution >= 4 is 29.1 Å². The summed E-state index contributed by atoms with van der Waals surface area (Å²) < 4.78 is 2.07. The third kappa shape index (κ3) is 5.01. The van der Waals surface area contributed by atoms with Gasteiger partial charge in [0.25, 0.3) is 5.91 Å². The second-order valence-corrected chi connectivity index (χ2v) is 9.58. The van der Waals surface area contributed by atoms with Crippen molar-refractivity contribution in [2.45, 2.75) is 19.4 Å². The largest absolute Gasteiger partial charge is 0.507 e. The lowest BCUT2D eigenvalue weighted by atomic mass is 9.82. The van der Waals surface area contributed by atoms with Gasteiger partial charge < -0.3 is 15.5 Å². The average molecular weight is 528 g/mol. The summed E-state index contributed by atoms with van der Waals surface area (Å²) >= 11 is 5.94. The van der Waals surface area contributed by atoms with E-state index in [0.717, 1.165) is 24.1 Å². The molecule has 0 unspecified atom stereocenters. The van der Waals surface area contributed by atoms with Gasteiger partial charge in [-0.15, -0.1) is 0 Å². The normalized spacial score (nSPS) is 12.1. The number of aromatic nitrogens is 1. The van der Waals surface area contributed by atoms with E-state index in [1.165, 1.54) is 30.3 Å². The Balaban J connectivity index is 1.19. The highest BCUT2D eigenvalue weighted by Crippen LogP contribution is 2.37. The molecule has 0 atom stereocenters. The van der Waals surface area contributed by atoms with Gasteiger partial charge in [-0.2, -0.15) is 0 Å². The minimum absolute atomic E-state index is 0.0387. The molecule has 1 heterocycles. The van der Waals surface area contributed by atoms with Crippen LogP contribution in [0.3, 0.4) is 0 Å². The number of halogens is 1. The summed E-state index contributed by atoms with van der Waals surface area (Å²) in [5.74, 6) is -2.46. The number of hydrogen-bond donors (Lipinski definition) is 3. The van der Waals surface area contributed by atoms with E-state index in [2.05, 4.69) is 9.88 Å². The summed E-state index contributed by atoms with van der Waals surface area (Å²) in [6.07, 6.45) is 5.46. The van der Waals surface area contributed by atoms with Crippen LogP contribution in [0.25, 0.3) is 0 Å². The molecule has 8 heteroatoms. The fourth-order valence-electron chi connectivity index (χ4n) is 4.57. The van der Waals surface area contributed by atoms with Gasteiger partial charge in [0, 0.05) is 46.0 Å². The molecule has 7 nitrogen and oxygen atoms in total. The fraction of sp³-hybridized carbons (Fsp3) is 0.133. The number of phenolic OH excluding ortho intramolecular Hbond substituents is 2. The topological polar surface area (TPSA) is 108 Å². The second-order valence-electron chi connectivity index (χ2n) is 9.14. The van der Waals surface area contributed by atoms with Crippen LogP contribution in [0.5, 0.6) is 11.5 Å². The molecule has 1 aliphatic carbocycles. The first kappa shape index (κ1) is 25.2. The molecule has 0 radical (unpaired) electrons. The number of ketones is 2. The van der Waals surface area contributed by atoms with Crippen molar-refractivity contribution in [1.29, 1.82) is 0 Å². The first-order valence-corrected chi connectivity index (χ1v) is 12.5. The summed E-state index contributed by atoms with van der Waals surface area (Å²) in [7, 11) is 0. The lowest BCUT2D eigenvalue weighted by molar-refractivity contribution is -0.688. The average Bonchev–Trinajstić information content (AvgIpc) is 2.91. The van der Waals surface area contributed by atoms with Gasteiger partial charge in [0.2, 0.25) is 5.78 Å². The van der Waals surface area contributed by atoms with Crippen molar-refractivity contribution in [2.75, 3.05) is 6.54 Å². The highest BCUT2D eigenvalue weighted by atomic mass is 35.5. The van der Waals surface area contributed by atoms with Gasteiger partial charge in [-0.1, -0.05) is 35.9 Å². The molecule has 5 rings (SSSR count). The molecule has 0 spiro atoms. The Hall–Kier alpha value is -4.49. The molecule has 38 heavy (non-hydrogen) atoms. The van der Waals surface area contributed by atoms with E-state index >= 15 is 0 Å². The molecule has 1 amide bonds. The van der Waals surface area contributed by atoms with Crippen LogP contribution in [0.4, 0.5) is 0 Å². The first-order valence-electron chi connectivity index (χ1n) is 12.1. The van der Waals surface area contributed by atoms with E-state index in [4.69, 9.17) is 11.6 Å². The van der Waals surface area contributed by atoms with Gasteiger partial charge in [0.15, 0.2) is 24.7 Å². The zero-order valence-corrected chi connectivity index (χ0v) is 21.0. The molecule has 1 aliphatic rings. The zero-order valence-electron chi connectivity index (χ0n) is 20.3. The highest BCUT2D eigenvalue weighted by Gasteiger charge is 2.35. The first-order chi connectivity index (χ1) is 18.3. The SMILES string of the molecule is O=C(NCCCc1cc[n+](Cc2ccc(Cl)cc2)cc1)c1cc(O)c2c(c1)C(=O)c1cccc(O)c1C2=O. The molecule has 0 fully saturated rings. The molecule has 0 bridgehead atoms. The third-order valence-electron chi connectivity index (χ3n) is 6.53. The number of phenols is 2. The molecular formula is C30H24ClN2O5+. The van der Waals surface area contributed by atoms with Crippen LogP contribution in [-0.2, 0) is 13.0 Å². The molecule has 0 saturated carbocycles. The number of amides is 1. The van der Waals surface area contributed by atoms with Crippen LogP contribution in [-0.4, -0.2) is 34.2 Å². The lowest BCUT2D eigenvalue weighted by Crippen LogP contribution is -2.33. The predicted octanol–water partition coefficient (Wildman–Crippen LogP) is 4.23. The van der Waals surface area contributed by atoms with Gasteiger partial charge in [-0.05, 0) is 48.7 Å². The van der Waals surface area contributed by atoms with Gasteiger partial charge in [0.1, 0.15) is 11.5 Å². The second kappa shape index (κ2) is 10.5. The third-order valence-corrected chi connectivity index (χ3v) is 6.78. The maximum Gasteiger partial charge on any atom is 0.251 e. The maximum atomic E-state index is 13.0. The van der Waals surface area contributed by atoms with E-state index in [9.17, 15) is 24.6 Å². The monoisotopic (exact) mass is 527 g/mol. The van der Waals surface area contributed by atoms with Crippen molar-refractivity contribution in [3.05, 3.63) is 123 Å². The Kier molecular flexibility index (Phi) is 6.94. The maximum absolute atomic E-state index is 13.0. The summed E-state index contributed by atoms with van der Waals surface area (Å²) in [6, 6.07) is 18.5. The Morgan fingerprint density at radius 2 is 1.53 bits per heavy atom. The highest BCUT2D eigenvalue weighted by molar-refractivity contribution is 6.31. The summed E-state index contributed by atoms with van der Waals surface area (Å²) in [5, 5.41) is 24.1. The fourth-order valence-corrected chi connectivity index (χ4v) is 4.70. The quantitative estimate of drug-likeness (QED) is 0.217. The van der Waals surface area contributed by atoms with Crippen LogP contribution in [0.2, 0.25) is 5.02 Å². The smallest absolute Gasteiger partial charge is 0.251 e. The number of nitrogens with one attached hydrogen (secondary N) is 1. The standard InChI is InChI=1S/C30H23ClN2O5/c31-21-8-6-19(7-9-21)17-33-13-10-18(11-14-33)3-2-12-32-30(38)20-15-23-27(25(35)16-20)29(37)26-22(28(23)36)4-1-5-24(26)34/h1,4-11,13-16H,2-3,12,17H2,(H2-,32,34,35,37,38)/p+1. The van der Waals surface area contributed by atoms with E-state index in [1.807, 2.05) is 48.8 Å². The van der Waals surface area contributed by atoms with E-state index < -0.39 is 23.2 Å². The number of pyridine rings is 1. The molecule has 1 aromatic heterocycles. The Morgan fingerprint density at radius 3 is 2.26 bits per heavy atom. The lowest BCUT2D eigenvalue weighted by Gasteiger charge is -2.20. The summed E-state index contributed by atoms with van der Waals surface area (Å²) in [4.78, 5) is 38.6. The van der Waals surface area contributed by atoms with Crippen molar-refractivity contribution in [3.8, 4) is 11.5 Å². The number of aryl methyl sites for hydroxylation is 1. The minimum atomic E-state index is -0.658. The van der Waals surface area contributed by atoms with E-state index in [1.54, 1.807) is 0 Å². The van der Waals surface area contributed by atoms with Crippen molar-refractivity contribution in [2.24, 2.45) is 0 Å². The van der Waals surface area contributed by atoms with Crippen LogP contribution >= 0.6 is 11.6 Å². The Morgan fingerprint density at radius 1 is 0.816 bits per heavy atom. The predicted molar refractivity (Wildman–Crippen MR) is 141 cm³/mol. The van der Waals surface area contributed by atoms with Gasteiger partial charge in [-0.25, -0.2) is 4.57 Å². The Labute approximate surface area is 224 Å². The zero-order chi connectivity index (χ0) is 26.8. The van der Waals surface area contributed by atoms with Gasteiger partial charge in [-0.3, -0.25) is 14.4 Å². The van der Waals surface area contributed by atoms with Gasteiger partial charge >= 0.3 is 0 Å². The van der Waals surface area contributed by atoms with Crippen molar-refractivity contribution < 1.29 is 29.2 Å². The van der Waals surface area contributed by atoms with E-state index in [-0.39, 0.29) is 33.6 Å². The molecular weight excluding hydrogens is 504 g/mol. The van der Waals surface area contributed by atoms with Crippen LogP contribution in [0.15, 0.2) is 79.1 Å². The number of fused-ring (bicyclic) bond motifs is 2. The number of carbonyl (C=O) groups excluding carboxylic acids is 3.